The summed E-state index contributed by atoms with van der Waals surface area (Å²) in [6, 6.07) is 14.3. The summed E-state index contributed by atoms with van der Waals surface area (Å²) in [6.45, 7) is 4.23. The molecule has 3 aromatic rings. The molecule has 0 atom stereocenters. The van der Waals surface area contributed by atoms with Gasteiger partial charge in [0.25, 0.3) is 0 Å². The predicted octanol–water partition coefficient (Wildman–Crippen LogP) is 2.60. The molecule has 0 aliphatic rings. The summed E-state index contributed by atoms with van der Waals surface area (Å²) in [7, 11) is 0. The fourth-order valence-electron chi connectivity index (χ4n) is 2.88. The fraction of sp³-hybridized carbons (Fsp3) is 0.227. The molecule has 0 spiro atoms. The summed E-state index contributed by atoms with van der Waals surface area (Å²) in [5.74, 6) is 0.302. The van der Waals surface area contributed by atoms with Gasteiger partial charge in [-0.15, -0.1) is 0 Å². The molecule has 0 saturated heterocycles. The van der Waals surface area contributed by atoms with E-state index in [-0.39, 0.29) is 12.5 Å². The Morgan fingerprint density at radius 3 is 2.24 bits per heavy atom. The highest BCUT2D eigenvalue weighted by Gasteiger charge is 2.10. The third-order valence-corrected chi connectivity index (χ3v) is 4.44. The molecule has 1 aromatic heterocycles. The summed E-state index contributed by atoms with van der Waals surface area (Å²) < 4.78 is 7.72. The maximum absolute atomic E-state index is 12.5. The lowest BCUT2D eigenvalue weighted by Gasteiger charge is -2.10. The van der Waals surface area contributed by atoms with Gasteiger partial charge in [-0.3, -0.25) is 23.5 Å². The van der Waals surface area contributed by atoms with Crippen LogP contribution in [0.3, 0.4) is 0 Å². The van der Waals surface area contributed by atoms with Crippen LogP contribution in [0.15, 0.2) is 70.5 Å². The third kappa shape index (κ3) is 4.82. The summed E-state index contributed by atoms with van der Waals surface area (Å²) in [4.78, 5) is 37.2. The van der Waals surface area contributed by atoms with Crippen LogP contribution in [0.4, 0.5) is 5.69 Å². The number of hydrogen-bond donors (Lipinski definition) is 1. The molecule has 0 saturated carbocycles. The first-order chi connectivity index (χ1) is 14.0. The Morgan fingerprint density at radius 1 is 0.931 bits per heavy atom. The smallest absolute Gasteiger partial charge is 0.320 e. The number of carbonyl (C=O) groups excluding carboxylic acids is 1. The minimum absolute atomic E-state index is 0.242. The number of rotatable bonds is 7. The molecule has 0 fully saturated rings. The molecular formula is C22H23N3O4. The Labute approximate surface area is 168 Å². The zero-order valence-electron chi connectivity index (χ0n) is 16.4. The van der Waals surface area contributed by atoms with Gasteiger partial charge in [0, 0.05) is 23.8 Å². The van der Waals surface area contributed by atoms with Gasteiger partial charge in [0.15, 0.2) is 0 Å². The summed E-state index contributed by atoms with van der Waals surface area (Å²) in [5.41, 5.74) is 0.859. The van der Waals surface area contributed by atoms with E-state index in [1.165, 1.54) is 17.0 Å². The second-order valence-electron chi connectivity index (χ2n) is 6.43. The number of nitrogens with zero attached hydrogens (tertiary/aromatic N) is 2. The second kappa shape index (κ2) is 9.05. The van der Waals surface area contributed by atoms with Gasteiger partial charge in [-0.2, -0.15) is 0 Å². The number of benzene rings is 2. The van der Waals surface area contributed by atoms with Gasteiger partial charge in [0.05, 0.1) is 6.61 Å². The number of carbonyl (C=O) groups is 1. The quantitative estimate of drug-likeness (QED) is 0.626. The van der Waals surface area contributed by atoms with Crippen LogP contribution in [0, 0.1) is 0 Å². The highest BCUT2D eigenvalue weighted by molar-refractivity contribution is 5.90. The molecule has 0 aliphatic carbocycles. The van der Waals surface area contributed by atoms with E-state index in [4.69, 9.17) is 4.74 Å². The van der Waals surface area contributed by atoms with Crippen LogP contribution in [0.2, 0.25) is 0 Å². The highest BCUT2D eigenvalue weighted by Crippen LogP contribution is 2.14. The van der Waals surface area contributed by atoms with Crippen molar-refractivity contribution in [2.24, 2.45) is 0 Å². The van der Waals surface area contributed by atoms with Crippen molar-refractivity contribution in [1.29, 1.82) is 0 Å². The number of hydrogen-bond acceptors (Lipinski definition) is 4. The Kier molecular flexibility index (Phi) is 6.29. The maximum Gasteiger partial charge on any atom is 0.320 e. The largest absolute Gasteiger partial charge is 0.494 e. The van der Waals surface area contributed by atoms with E-state index < -0.39 is 11.1 Å². The molecule has 1 N–H and O–H groups in total. The van der Waals surface area contributed by atoms with Gasteiger partial charge in [-0.1, -0.05) is 19.1 Å². The second-order valence-corrected chi connectivity index (χ2v) is 6.43. The van der Waals surface area contributed by atoms with Crippen molar-refractivity contribution in [3.05, 3.63) is 87.2 Å². The maximum atomic E-state index is 12.5. The van der Waals surface area contributed by atoms with E-state index in [9.17, 15) is 14.4 Å². The van der Waals surface area contributed by atoms with E-state index in [0.717, 1.165) is 16.6 Å². The van der Waals surface area contributed by atoms with Crippen molar-refractivity contribution < 1.29 is 9.53 Å². The molecular weight excluding hydrogens is 370 g/mol. The van der Waals surface area contributed by atoms with Crippen LogP contribution in [-0.2, 0) is 17.8 Å². The molecule has 1 heterocycles. The average molecular weight is 393 g/mol. The first-order valence-electron chi connectivity index (χ1n) is 9.46. The van der Waals surface area contributed by atoms with Crippen LogP contribution in [-0.4, -0.2) is 21.6 Å². The van der Waals surface area contributed by atoms with Gasteiger partial charge in [0.1, 0.15) is 12.3 Å². The molecule has 7 heteroatoms. The topological polar surface area (TPSA) is 82.3 Å². The van der Waals surface area contributed by atoms with Crippen LogP contribution in [0.1, 0.15) is 19.4 Å². The number of aromatic nitrogens is 2. The Hall–Kier alpha value is -3.61. The lowest BCUT2D eigenvalue weighted by molar-refractivity contribution is -0.116. The first kappa shape index (κ1) is 20.1. The van der Waals surface area contributed by atoms with Crippen LogP contribution in [0.25, 0.3) is 5.69 Å². The minimum atomic E-state index is -0.766. The van der Waals surface area contributed by atoms with Crippen LogP contribution in [0.5, 0.6) is 5.75 Å². The van der Waals surface area contributed by atoms with Crippen LogP contribution >= 0.6 is 0 Å². The number of ether oxygens (including phenoxy) is 1. The monoisotopic (exact) mass is 393 g/mol. The molecule has 0 unspecified atom stereocenters. The van der Waals surface area contributed by atoms with Gasteiger partial charge in [-0.25, -0.2) is 0 Å². The van der Waals surface area contributed by atoms with E-state index in [1.807, 2.05) is 31.2 Å². The lowest BCUT2D eigenvalue weighted by Crippen LogP contribution is -2.41. The number of nitrogens with one attached hydrogen (secondary N) is 1. The van der Waals surface area contributed by atoms with Gasteiger partial charge >= 0.3 is 11.1 Å². The third-order valence-electron chi connectivity index (χ3n) is 4.44. The molecule has 2 aromatic carbocycles. The molecule has 0 radical (unpaired) electrons. The molecule has 3 rings (SSSR count). The zero-order chi connectivity index (χ0) is 20.8. The minimum Gasteiger partial charge on any atom is -0.494 e. The molecule has 0 bridgehead atoms. The first-order valence-corrected chi connectivity index (χ1v) is 9.46. The van der Waals surface area contributed by atoms with Crippen molar-refractivity contribution in [3.63, 3.8) is 0 Å². The number of aryl methyl sites for hydroxylation is 1. The molecule has 0 aliphatic heterocycles. The van der Waals surface area contributed by atoms with Crippen molar-refractivity contribution in [1.82, 2.24) is 9.13 Å². The molecule has 150 valence electrons. The zero-order valence-corrected chi connectivity index (χ0v) is 16.4. The molecule has 1 amide bonds. The normalized spacial score (nSPS) is 10.6. The fourth-order valence-corrected chi connectivity index (χ4v) is 2.88. The van der Waals surface area contributed by atoms with Gasteiger partial charge in [0.2, 0.25) is 5.91 Å². The number of amides is 1. The standard InChI is InChI=1S/C22H23N3O4/c1-3-16-5-7-17(8-6-16)23-20(26)15-24-13-14-25(22(28)21(24)27)18-9-11-19(12-10-18)29-4-2/h5-14H,3-4,15H2,1-2H3,(H,23,26). The SMILES string of the molecule is CCOc1ccc(-n2ccn(CC(=O)Nc3ccc(CC)cc3)c(=O)c2=O)cc1. The van der Waals surface area contributed by atoms with E-state index in [2.05, 4.69) is 12.2 Å². The predicted molar refractivity (Wildman–Crippen MR) is 112 cm³/mol. The van der Waals surface area contributed by atoms with Crippen molar-refractivity contribution >= 4 is 11.6 Å². The molecule has 7 nitrogen and oxygen atoms in total. The molecule has 29 heavy (non-hydrogen) atoms. The Morgan fingerprint density at radius 2 is 1.62 bits per heavy atom. The number of anilines is 1. The van der Waals surface area contributed by atoms with E-state index in [0.29, 0.717) is 23.7 Å². The Bertz CT molecular complexity index is 1100. The van der Waals surface area contributed by atoms with Crippen molar-refractivity contribution in [2.45, 2.75) is 26.8 Å². The van der Waals surface area contributed by atoms with E-state index in [1.54, 1.807) is 24.3 Å². The lowest BCUT2D eigenvalue weighted by atomic mass is 10.1. The van der Waals surface area contributed by atoms with Gasteiger partial charge < -0.3 is 10.1 Å². The average Bonchev–Trinajstić information content (AvgIpc) is 2.73. The Balaban J connectivity index is 1.75. The summed E-state index contributed by atoms with van der Waals surface area (Å²) in [6.07, 6.45) is 3.82. The van der Waals surface area contributed by atoms with Crippen molar-refractivity contribution in [3.8, 4) is 11.4 Å². The summed E-state index contributed by atoms with van der Waals surface area (Å²) >= 11 is 0. The van der Waals surface area contributed by atoms with E-state index >= 15 is 0 Å². The van der Waals surface area contributed by atoms with Gasteiger partial charge in [-0.05, 0) is 55.3 Å². The van der Waals surface area contributed by atoms with Crippen LogP contribution < -0.4 is 21.2 Å². The van der Waals surface area contributed by atoms with Crippen molar-refractivity contribution in [2.75, 3.05) is 11.9 Å². The summed E-state index contributed by atoms with van der Waals surface area (Å²) in [5, 5.41) is 2.73. The highest BCUT2D eigenvalue weighted by atomic mass is 16.5.